The summed E-state index contributed by atoms with van der Waals surface area (Å²) < 4.78 is 17.0. The summed E-state index contributed by atoms with van der Waals surface area (Å²) in [5.41, 5.74) is 0.440. The minimum absolute atomic E-state index is 0.160. The summed E-state index contributed by atoms with van der Waals surface area (Å²) in [5.74, 6) is 1.15. The molecule has 0 aliphatic rings. The lowest BCUT2D eigenvalue weighted by atomic mass is 10.1. The fourth-order valence-corrected chi connectivity index (χ4v) is 3.48. The van der Waals surface area contributed by atoms with Crippen molar-refractivity contribution in [2.75, 3.05) is 21.3 Å². The first-order valence-electron chi connectivity index (χ1n) is 5.81. The van der Waals surface area contributed by atoms with Crippen LogP contribution in [0.15, 0.2) is 22.7 Å². The van der Waals surface area contributed by atoms with E-state index in [0.29, 0.717) is 36.5 Å². The number of carbonyl (C=O) groups is 1. The summed E-state index contributed by atoms with van der Waals surface area (Å²) in [6, 6.07) is 4.93. The number of carbonyl (C=O) groups excluding carboxylic acids is 1. The van der Waals surface area contributed by atoms with Gasteiger partial charge in [-0.2, -0.15) is 0 Å². The van der Waals surface area contributed by atoms with E-state index in [1.54, 1.807) is 18.2 Å². The first kappa shape index (κ1) is 16.1. The number of ether oxygens (including phenoxy) is 3. The fraction of sp³-hybridized carbons (Fsp3) is 0.214. The summed E-state index contributed by atoms with van der Waals surface area (Å²) in [6.45, 7) is 0. The topological polar surface area (TPSA) is 44.8 Å². The van der Waals surface area contributed by atoms with Crippen molar-refractivity contribution < 1.29 is 19.0 Å². The smallest absolute Gasteiger partial charge is 0.203 e. The third-order valence-corrected chi connectivity index (χ3v) is 5.27. The molecular weight excluding hydrogens is 380 g/mol. The van der Waals surface area contributed by atoms with Crippen molar-refractivity contribution in [3.05, 3.63) is 37.4 Å². The van der Waals surface area contributed by atoms with Crippen molar-refractivity contribution in [1.29, 1.82) is 0 Å². The average Bonchev–Trinajstić information content (AvgIpc) is 2.84. The number of benzene rings is 1. The molecule has 0 bridgehead atoms. The van der Waals surface area contributed by atoms with Crippen LogP contribution in [0.25, 0.3) is 0 Å². The first-order valence-corrected chi connectivity index (χ1v) is 7.80. The number of rotatable bonds is 5. The highest BCUT2D eigenvalue weighted by Crippen LogP contribution is 2.40. The molecule has 4 nitrogen and oxygen atoms in total. The molecule has 21 heavy (non-hydrogen) atoms. The van der Waals surface area contributed by atoms with Gasteiger partial charge >= 0.3 is 0 Å². The van der Waals surface area contributed by atoms with Crippen molar-refractivity contribution in [2.45, 2.75) is 0 Å². The molecular formula is C14H12BrClO4S. The predicted octanol–water partition coefficient (Wildman–Crippen LogP) is 4.42. The molecule has 0 atom stereocenters. The molecule has 0 N–H and O–H groups in total. The van der Waals surface area contributed by atoms with Crippen LogP contribution in [0, 0.1) is 0 Å². The normalized spacial score (nSPS) is 10.3. The predicted molar refractivity (Wildman–Crippen MR) is 86.6 cm³/mol. The van der Waals surface area contributed by atoms with E-state index in [9.17, 15) is 4.79 Å². The van der Waals surface area contributed by atoms with Crippen LogP contribution < -0.4 is 14.2 Å². The van der Waals surface area contributed by atoms with Crippen molar-refractivity contribution in [1.82, 2.24) is 0 Å². The molecule has 0 fully saturated rings. The molecule has 0 amide bonds. The molecule has 1 aromatic heterocycles. The molecule has 2 rings (SSSR count). The minimum atomic E-state index is -0.160. The van der Waals surface area contributed by atoms with Crippen LogP contribution in [0.4, 0.5) is 0 Å². The van der Waals surface area contributed by atoms with E-state index in [2.05, 4.69) is 15.9 Å². The molecule has 1 aromatic carbocycles. The molecule has 7 heteroatoms. The van der Waals surface area contributed by atoms with Crippen LogP contribution in [-0.2, 0) is 0 Å². The zero-order chi connectivity index (χ0) is 15.6. The first-order chi connectivity index (χ1) is 10.0. The highest BCUT2D eigenvalue weighted by Gasteiger charge is 2.20. The Morgan fingerprint density at radius 2 is 1.67 bits per heavy atom. The Labute approximate surface area is 139 Å². The lowest BCUT2D eigenvalue weighted by Gasteiger charge is -2.13. The molecule has 112 valence electrons. The summed E-state index contributed by atoms with van der Waals surface area (Å²) in [6.07, 6.45) is 0. The van der Waals surface area contributed by atoms with Gasteiger partial charge < -0.3 is 14.2 Å². The Morgan fingerprint density at radius 1 is 1.10 bits per heavy atom. The maximum atomic E-state index is 12.5. The van der Waals surface area contributed by atoms with Gasteiger partial charge in [0.2, 0.25) is 11.5 Å². The van der Waals surface area contributed by atoms with Gasteiger partial charge in [0, 0.05) is 10.0 Å². The van der Waals surface area contributed by atoms with E-state index in [1.807, 2.05) is 0 Å². The number of methoxy groups -OCH3 is 3. The van der Waals surface area contributed by atoms with E-state index in [1.165, 1.54) is 32.7 Å². The maximum absolute atomic E-state index is 12.5. The van der Waals surface area contributed by atoms with Gasteiger partial charge in [-0.05, 0) is 34.1 Å². The number of hydrogen-bond donors (Lipinski definition) is 0. The van der Waals surface area contributed by atoms with E-state index in [-0.39, 0.29) is 5.78 Å². The molecule has 0 radical (unpaired) electrons. The van der Waals surface area contributed by atoms with E-state index in [4.69, 9.17) is 25.8 Å². The number of ketones is 1. The van der Waals surface area contributed by atoms with E-state index >= 15 is 0 Å². The Balaban J connectivity index is 2.50. The van der Waals surface area contributed by atoms with Gasteiger partial charge in [0.1, 0.15) is 4.34 Å². The van der Waals surface area contributed by atoms with Crippen LogP contribution in [0.1, 0.15) is 15.2 Å². The van der Waals surface area contributed by atoms with E-state index in [0.717, 1.165) is 0 Å². The molecule has 0 aliphatic heterocycles. The van der Waals surface area contributed by atoms with Gasteiger partial charge in [0.15, 0.2) is 11.5 Å². The van der Waals surface area contributed by atoms with Gasteiger partial charge in [0.05, 0.1) is 26.2 Å². The molecule has 0 spiro atoms. The lowest BCUT2D eigenvalue weighted by molar-refractivity contribution is 0.104. The Hall–Kier alpha value is -1.24. The number of hydrogen-bond acceptors (Lipinski definition) is 5. The van der Waals surface area contributed by atoms with Crippen LogP contribution in [0.2, 0.25) is 4.34 Å². The van der Waals surface area contributed by atoms with Gasteiger partial charge in [-0.15, -0.1) is 11.3 Å². The van der Waals surface area contributed by atoms with Crippen LogP contribution >= 0.6 is 38.9 Å². The third kappa shape index (κ3) is 3.17. The lowest BCUT2D eigenvalue weighted by Crippen LogP contribution is -2.02. The largest absolute Gasteiger partial charge is 0.493 e. The third-order valence-electron chi connectivity index (χ3n) is 2.80. The highest BCUT2D eigenvalue weighted by molar-refractivity contribution is 9.10. The monoisotopic (exact) mass is 390 g/mol. The zero-order valence-corrected chi connectivity index (χ0v) is 14.7. The van der Waals surface area contributed by atoms with Crippen LogP contribution in [-0.4, -0.2) is 27.1 Å². The van der Waals surface area contributed by atoms with Crippen molar-refractivity contribution >= 4 is 44.7 Å². The van der Waals surface area contributed by atoms with Crippen LogP contribution in [0.3, 0.4) is 0 Å². The highest BCUT2D eigenvalue weighted by atomic mass is 79.9. The quantitative estimate of drug-likeness (QED) is 0.708. The average molecular weight is 392 g/mol. The van der Waals surface area contributed by atoms with Gasteiger partial charge in [-0.25, -0.2) is 0 Å². The maximum Gasteiger partial charge on any atom is 0.203 e. The molecule has 0 aliphatic carbocycles. The Bertz CT molecular complexity index is 639. The summed E-state index contributed by atoms with van der Waals surface area (Å²) >= 11 is 10.5. The SMILES string of the molecule is COc1cc(C(=O)c2cc(Br)c(Cl)s2)cc(OC)c1OC. The van der Waals surface area contributed by atoms with Crippen LogP contribution in [0.5, 0.6) is 17.2 Å². The zero-order valence-electron chi connectivity index (χ0n) is 11.5. The van der Waals surface area contributed by atoms with Gasteiger partial charge in [0.25, 0.3) is 0 Å². The summed E-state index contributed by atoms with van der Waals surface area (Å²) in [5, 5.41) is 0. The molecule has 2 aromatic rings. The van der Waals surface area contributed by atoms with Crippen molar-refractivity contribution in [3.63, 3.8) is 0 Å². The second kappa shape index (κ2) is 6.68. The number of thiophene rings is 1. The van der Waals surface area contributed by atoms with Gasteiger partial charge in [-0.1, -0.05) is 11.6 Å². The minimum Gasteiger partial charge on any atom is -0.493 e. The Morgan fingerprint density at radius 3 is 2.05 bits per heavy atom. The molecule has 0 saturated heterocycles. The van der Waals surface area contributed by atoms with Crippen molar-refractivity contribution in [3.8, 4) is 17.2 Å². The standard InChI is InChI=1S/C14H12BrClO4S/c1-18-9-4-7(5-10(19-2)13(9)20-3)12(17)11-6-8(15)14(16)21-11/h4-6H,1-3H3. The van der Waals surface area contributed by atoms with E-state index < -0.39 is 0 Å². The Kier molecular flexibility index (Phi) is 5.13. The summed E-state index contributed by atoms with van der Waals surface area (Å²) in [4.78, 5) is 13.1. The fourth-order valence-electron chi connectivity index (χ4n) is 1.81. The second-order valence-electron chi connectivity index (χ2n) is 3.98. The molecule has 0 unspecified atom stereocenters. The molecule has 0 saturated carbocycles. The number of halogens is 2. The molecule has 1 heterocycles. The van der Waals surface area contributed by atoms with Crippen molar-refractivity contribution in [2.24, 2.45) is 0 Å². The second-order valence-corrected chi connectivity index (χ2v) is 6.48. The van der Waals surface area contributed by atoms with Gasteiger partial charge in [-0.3, -0.25) is 4.79 Å². The summed E-state index contributed by atoms with van der Waals surface area (Å²) in [7, 11) is 4.52.